The molecule has 7 nitrogen and oxygen atoms in total. The Morgan fingerprint density at radius 2 is 2.08 bits per heavy atom. The second-order valence-corrected chi connectivity index (χ2v) is 5.59. The first-order chi connectivity index (χ1) is 11.4. The van der Waals surface area contributed by atoms with E-state index in [9.17, 15) is 9.59 Å². The highest BCUT2D eigenvalue weighted by atomic mass is 35.5. The summed E-state index contributed by atoms with van der Waals surface area (Å²) in [5, 5.41) is 7.31. The van der Waals surface area contributed by atoms with Gasteiger partial charge in [-0.15, -0.1) is 0 Å². The summed E-state index contributed by atoms with van der Waals surface area (Å²) in [6, 6.07) is 6.58. The average molecular weight is 349 g/mol. The Morgan fingerprint density at radius 3 is 2.79 bits per heavy atom. The molecule has 1 N–H and O–H groups in total. The van der Waals surface area contributed by atoms with Gasteiger partial charge in [0.1, 0.15) is 5.58 Å². The normalized spacial score (nSPS) is 10.8. The van der Waals surface area contributed by atoms with Gasteiger partial charge in [-0.3, -0.25) is 10.1 Å². The van der Waals surface area contributed by atoms with Crippen LogP contribution in [0.5, 0.6) is 0 Å². The number of furan rings is 1. The number of carbonyl (C=O) groups excluding carboxylic acids is 2. The lowest BCUT2D eigenvalue weighted by Gasteiger charge is -2.03. The molecule has 1 amide bonds. The van der Waals surface area contributed by atoms with E-state index in [1.54, 1.807) is 38.1 Å². The van der Waals surface area contributed by atoms with Gasteiger partial charge >= 0.3 is 5.97 Å². The number of fused-ring (bicyclic) bond motifs is 1. The molecule has 0 fully saturated rings. The van der Waals surface area contributed by atoms with Crippen molar-refractivity contribution in [2.75, 3.05) is 11.9 Å². The number of aryl methyl sites for hydroxylation is 2. The highest BCUT2D eigenvalue weighted by Gasteiger charge is 2.20. The molecule has 0 aliphatic carbocycles. The third-order valence-electron chi connectivity index (χ3n) is 3.31. The van der Waals surface area contributed by atoms with Crippen LogP contribution in [0.4, 0.5) is 5.88 Å². The molecule has 124 valence electrons. The molecule has 0 atom stereocenters. The van der Waals surface area contributed by atoms with Crippen LogP contribution in [0.1, 0.15) is 21.8 Å². The number of halogens is 1. The van der Waals surface area contributed by atoms with E-state index in [0.717, 1.165) is 5.39 Å². The Hall–Kier alpha value is -2.80. The van der Waals surface area contributed by atoms with E-state index in [2.05, 4.69) is 10.5 Å². The van der Waals surface area contributed by atoms with Crippen molar-refractivity contribution < 1.29 is 23.3 Å². The first-order valence-electron chi connectivity index (χ1n) is 7.03. The minimum absolute atomic E-state index is 0.0376. The molecule has 3 aromatic rings. The molecule has 3 rings (SSSR count). The van der Waals surface area contributed by atoms with Crippen molar-refractivity contribution >= 4 is 40.3 Å². The smallest absolute Gasteiger partial charge is 0.375 e. The summed E-state index contributed by atoms with van der Waals surface area (Å²) >= 11 is 5.94. The van der Waals surface area contributed by atoms with Crippen LogP contribution in [-0.4, -0.2) is 23.6 Å². The van der Waals surface area contributed by atoms with Gasteiger partial charge in [0, 0.05) is 22.0 Å². The van der Waals surface area contributed by atoms with Crippen LogP contribution in [0.15, 0.2) is 33.2 Å². The first kappa shape index (κ1) is 16.1. The van der Waals surface area contributed by atoms with E-state index in [1.165, 1.54) is 0 Å². The molecule has 0 spiro atoms. The van der Waals surface area contributed by atoms with Crippen molar-refractivity contribution in [3.05, 3.63) is 46.3 Å². The number of hydrogen-bond acceptors (Lipinski definition) is 6. The summed E-state index contributed by atoms with van der Waals surface area (Å²) in [6.45, 7) is 2.96. The largest absolute Gasteiger partial charge is 0.450 e. The van der Waals surface area contributed by atoms with Gasteiger partial charge < -0.3 is 13.7 Å². The van der Waals surface area contributed by atoms with Gasteiger partial charge in [0.2, 0.25) is 11.6 Å². The van der Waals surface area contributed by atoms with Gasteiger partial charge in [0.05, 0.1) is 5.69 Å². The van der Waals surface area contributed by atoms with Crippen molar-refractivity contribution in [3.63, 3.8) is 0 Å². The highest BCUT2D eigenvalue weighted by molar-refractivity contribution is 6.31. The number of anilines is 1. The maximum Gasteiger partial charge on any atom is 0.375 e. The Kier molecular flexibility index (Phi) is 4.26. The predicted octanol–water partition coefficient (Wildman–Crippen LogP) is 3.49. The molecule has 0 bridgehead atoms. The lowest BCUT2D eigenvalue weighted by molar-refractivity contribution is -0.119. The Labute approximate surface area is 141 Å². The topological polar surface area (TPSA) is 94.6 Å². The molecule has 0 aliphatic heterocycles. The van der Waals surface area contributed by atoms with Crippen LogP contribution in [0.2, 0.25) is 5.02 Å². The Bertz CT molecular complexity index is 928. The van der Waals surface area contributed by atoms with Crippen LogP contribution in [0, 0.1) is 13.8 Å². The number of nitrogens with one attached hydrogen (secondary N) is 1. The molecule has 0 radical (unpaired) electrons. The fourth-order valence-corrected chi connectivity index (χ4v) is 2.35. The molecule has 0 aliphatic rings. The number of ether oxygens (including phenoxy) is 1. The molecule has 0 unspecified atom stereocenters. The Morgan fingerprint density at radius 1 is 1.29 bits per heavy atom. The van der Waals surface area contributed by atoms with E-state index >= 15 is 0 Å². The van der Waals surface area contributed by atoms with Gasteiger partial charge in [0.15, 0.2) is 6.61 Å². The maximum absolute atomic E-state index is 12.1. The summed E-state index contributed by atoms with van der Waals surface area (Å²) in [5.74, 6) is -1.06. The zero-order chi connectivity index (χ0) is 17.3. The second-order valence-electron chi connectivity index (χ2n) is 5.15. The number of nitrogens with zero attached hydrogens (tertiary/aromatic N) is 1. The lowest BCUT2D eigenvalue weighted by atomic mass is 10.1. The van der Waals surface area contributed by atoms with Gasteiger partial charge in [-0.1, -0.05) is 16.8 Å². The second kappa shape index (κ2) is 6.37. The molecular weight excluding hydrogens is 336 g/mol. The number of carbonyl (C=O) groups is 2. The summed E-state index contributed by atoms with van der Waals surface area (Å²) in [7, 11) is 0. The minimum atomic E-state index is -0.733. The molecule has 0 saturated carbocycles. The van der Waals surface area contributed by atoms with E-state index in [-0.39, 0.29) is 11.6 Å². The van der Waals surface area contributed by atoms with Crippen molar-refractivity contribution in [3.8, 4) is 0 Å². The van der Waals surface area contributed by atoms with Gasteiger partial charge in [-0.05, 0) is 32.0 Å². The molecule has 2 heterocycles. The quantitative estimate of drug-likeness (QED) is 0.725. The van der Waals surface area contributed by atoms with E-state index in [0.29, 0.717) is 21.9 Å². The standard InChI is InChI=1S/C16H13ClN2O5/c1-8-5-14(24-19-8)18-13(20)7-22-16(21)15-9(2)11-6-10(17)3-4-12(11)23-15/h3-6H,7H2,1-2H3,(H,18,20). The third kappa shape index (κ3) is 3.26. The lowest BCUT2D eigenvalue weighted by Crippen LogP contribution is -2.20. The highest BCUT2D eigenvalue weighted by Crippen LogP contribution is 2.28. The van der Waals surface area contributed by atoms with Gasteiger partial charge in [-0.25, -0.2) is 4.79 Å². The number of esters is 1. The fraction of sp³-hybridized carbons (Fsp3) is 0.188. The number of benzene rings is 1. The van der Waals surface area contributed by atoms with Crippen LogP contribution in [-0.2, 0) is 9.53 Å². The van der Waals surface area contributed by atoms with Crippen LogP contribution < -0.4 is 5.32 Å². The molecule has 2 aromatic heterocycles. The fourth-order valence-electron chi connectivity index (χ4n) is 2.18. The summed E-state index contributed by atoms with van der Waals surface area (Å²) in [5.41, 5.74) is 1.74. The number of rotatable bonds is 4. The monoisotopic (exact) mass is 348 g/mol. The average Bonchev–Trinajstić information content (AvgIpc) is 3.09. The molecule has 8 heteroatoms. The molecular formula is C16H13ClN2O5. The number of hydrogen-bond donors (Lipinski definition) is 1. The third-order valence-corrected chi connectivity index (χ3v) is 3.54. The van der Waals surface area contributed by atoms with E-state index in [1.807, 2.05) is 0 Å². The van der Waals surface area contributed by atoms with Crippen LogP contribution in [0.25, 0.3) is 11.0 Å². The number of aromatic nitrogens is 1. The predicted molar refractivity (Wildman–Crippen MR) is 86.1 cm³/mol. The zero-order valence-electron chi connectivity index (χ0n) is 12.9. The van der Waals surface area contributed by atoms with Crippen molar-refractivity contribution in [1.29, 1.82) is 0 Å². The number of amides is 1. The molecule has 24 heavy (non-hydrogen) atoms. The van der Waals surface area contributed by atoms with Crippen LogP contribution >= 0.6 is 11.6 Å². The Balaban J connectivity index is 1.66. The van der Waals surface area contributed by atoms with Crippen molar-refractivity contribution in [1.82, 2.24) is 5.16 Å². The van der Waals surface area contributed by atoms with E-state index < -0.39 is 18.5 Å². The maximum atomic E-state index is 12.1. The van der Waals surface area contributed by atoms with Crippen molar-refractivity contribution in [2.45, 2.75) is 13.8 Å². The van der Waals surface area contributed by atoms with Gasteiger partial charge in [0.25, 0.3) is 5.91 Å². The summed E-state index contributed by atoms with van der Waals surface area (Å²) in [6.07, 6.45) is 0. The van der Waals surface area contributed by atoms with E-state index in [4.69, 9.17) is 25.3 Å². The zero-order valence-corrected chi connectivity index (χ0v) is 13.6. The summed E-state index contributed by atoms with van der Waals surface area (Å²) in [4.78, 5) is 23.9. The molecule has 0 saturated heterocycles. The van der Waals surface area contributed by atoms with Gasteiger partial charge in [-0.2, -0.15) is 0 Å². The minimum Gasteiger partial charge on any atom is -0.450 e. The molecule has 1 aromatic carbocycles. The SMILES string of the molecule is Cc1cc(NC(=O)COC(=O)c2oc3ccc(Cl)cc3c2C)on1. The van der Waals surface area contributed by atoms with Crippen LogP contribution in [0.3, 0.4) is 0 Å². The van der Waals surface area contributed by atoms with Crippen molar-refractivity contribution in [2.24, 2.45) is 0 Å². The first-order valence-corrected chi connectivity index (χ1v) is 7.41. The summed E-state index contributed by atoms with van der Waals surface area (Å²) < 4.78 is 15.3.